The fourth-order valence-corrected chi connectivity index (χ4v) is 11.1. The maximum absolute atomic E-state index is 12.9. The van der Waals surface area contributed by atoms with Crippen LogP contribution in [0.5, 0.6) is 0 Å². The second-order valence-electron chi connectivity index (χ2n) is 14.6. The summed E-state index contributed by atoms with van der Waals surface area (Å²) in [6.45, 7) is 9.87. The van der Waals surface area contributed by atoms with Crippen molar-refractivity contribution in [3.05, 3.63) is 11.6 Å². The molecular weight excluding hydrogens is 472 g/mol. The van der Waals surface area contributed by atoms with Crippen molar-refractivity contribution in [2.45, 2.75) is 104 Å². The number of aliphatic carboxylic acids is 1. The molecular formula is C30H48O7. The van der Waals surface area contributed by atoms with Crippen molar-refractivity contribution >= 4 is 5.97 Å². The van der Waals surface area contributed by atoms with E-state index in [-0.39, 0.29) is 41.8 Å². The van der Waals surface area contributed by atoms with Gasteiger partial charge in [0.2, 0.25) is 0 Å². The second kappa shape index (κ2) is 8.26. The molecule has 6 N–H and O–H groups in total. The number of aliphatic hydroxyl groups is 5. The highest BCUT2D eigenvalue weighted by molar-refractivity contribution is 5.77. The SMILES string of the molecule is C[C@@H]1CC[C@]2(C(=O)O)CC[C@]3(C)C(=CC[C@@H]4[C@@]5(C)C[C@@H](O)[C@@H](O)C(CO)(CO)[C@@H]5CC[C@]43C)[C@@H]2[C@]1(C)O. The Hall–Kier alpha value is -0.990. The summed E-state index contributed by atoms with van der Waals surface area (Å²) in [5, 5.41) is 65.3. The first-order valence-corrected chi connectivity index (χ1v) is 14.4. The average Bonchev–Trinajstić information content (AvgIpc) is 2.83. The predicted molar refractivity (Wildman–Crippen MR) is 138 cm³/mol. The first-order chi connectivity index (χ1) is 17.1. The van der Waals surface area contributed by atoms with Gasteiger partial charge in [-0.05, 0) is 92.3 Å². The monoisotopic (exact) mass is 520 g/mol. The molecule has 0 aromatic carbocycles. The molecule has 0 radical (unpaired) electrons. The third-order valence-corrected chi connectivity index (χ3v) is 13.6. The predicted octanol–water partition coefficient (Wildman–Crippen LogP) is 3.12. The highest BCUT2D eigenvalue weighted by Gasteiger charge is 2.72. The van der Waals surface area contributed by atoms with Crippen molar-refractivity contribution in [2.24, 2.45) is 50.7 Å². The molecule has 0 spiro atoms. The van der Waals surface area contributed by atoms with Crippen LogP contribution in [0.3, 0.4) is 0 Å². The van der Waals surface area contributed by atoms with Crippen molar-refractivity contribution < 1.29 is 35.4 Å². The van der Waals surface area contributed by atoms with Gasteiger partial charge in [0.1, 0.15) is 0 Å². The van der Waals surface area contributed by atoms with Crippen molar-refractivity contribution in [1.82, 2.24) is 0 Å². The lowest BCUT2D eigenvalue weighted by molar-refractivity contribution is -0.259. The second-order valence-corrected chi connectivity index (χ2v) is 14.6. The number of carboxylic acids is 1. The Bertz CT molecular complexity index is 986. The van der Waals surface area contributed by atoms with Gasteiger partial charge in [0.15, 0.2) is 0 Å². The largest absolute Gasteiger partial charge is 0.481 e. The topological polar surface area (TPSA) is 138 Å². The molecule has 0 saturated heterocycles. The molecule has 0 aromatic heterocycles. The summed E-state index contributed by atoms with van der Waals surface area (Å²) in [5.74, 6) is -1.27. The fraction of sp³-hybridized carbons (Fsp3) is 0.900. The van der Waals surface area contributed by atoms with E-state index < -0.39 is 45.9 Å². The molecule has 4 fully saturated rings. The van der Waals surface area contributed by atoms with E-state index in [9.17, 15) is 35.4 Å². The van der Waals surface area contributed by atoms with E-state index >= 15 is 0 Å². The molecule has 11 atom stereocenters. The zero-order valence-corrected chi connectivity index (χ0v) is 23.2. The summed E-state index contributed by atoms with van der Waals surface area (Å²) in [7, 11) is 0. The van der Waals surface area contributed by atoms with E-state index in [4.69, 9.17) is 0 Å². The van der Waals surface area contributed by atoms with E-state index in [1.165, 1.54) is 0 Å². The third-order valence-electron chi connectivity index (χ3n) is 13.6. The van der Waals surface area contributed by atoms with Crippen LogP contribution in [-0.2, 0) is 4.79 Å². The molecule has 5 aliphatic rings. The minimum Gasteiger partial charge on any atom is -0.481 e. The third kappa shape index (κ3) is 3.10. The highest BCUT2D eigenvalue weighted by atomic mass is 16.4. The van der Waals surface area contributed by atoms with Crippen LogP contribution in [0.4, 0.5) is 0 Å². The summed E-state index contributed by atoms with van der Waals surface area (Å²) in [6, 6.07) is 0. The average molecular weight is 521 g/mol. The summed E-state index contributed by atoms with van der Waals surface area (Å²) in [6.07, 6.45) is 5.18. The number of fused-ring (bicyclic) bond motifs is 7. The van der Waals surface area contributed by atoms with Gasteiger partial charge in [-0.15, -0.1) is 0 Å². The summed E-state index contributed by atoms with van der Waals surface area (Å²) in [5.41, 5.74) is -3.11. The smallest absolute Gasteiger partial charge is 0.310 e. The van der Waals surface area contributed by atoms with Crippen LogP contribution >= 0.6 is 0 Å². The Kier molecular flexibility index (Phi) is 6.16. The molecule has 7 heteroatoms. The molecule has 0 bridgehead atoms. The maximum atomic E-state index is 12.9. The molecule has 210 valence electrons. The van der Waals surface area contributed by atoms with Gasteiger partial charge < -0.3 is 30.6 Å². The number of rotatable bonds is 3. The van der Waals surface area contributed by atoms with E-state index in [1.54, 1.807) is 0 Å². The molecule has 0 heterocycles. The lowest BCUT2D eigenvalue weighted by Gasteiger charge is -2.72. The zero-order valence-electron chi connectivity index (χ0n) is 23.2. The summed E-state index contributed by atoms with van der Waals surface area (Å²) >= 11 is 0. The molecule has 4 saturated carbocycles. The number of aliphatic hydroxyl groups excluding tert-OH is 4. The van der Waals surface area contributed by atoms with E-state index in [0.717, 1.165) is 18.4 Å². The molecule has 0 unspecified atom stereocenters. The van der Waals surface area contributed by atoms with Gasteiger partial charge in [-0.25, -0.2) is 0 Å². The van der Waals surface area contributed by atoms with E-state index in [0.29, 0.717) is 38.5 Å². The molecule has 5 aliphatic carbocycles. The van der Waals surface area contributed by atoms with Crippen molar-refractivity contribution in [2.75, 3.05) is 13.2 Å². The van der Waals surface area contributed by atoms with E-state index in [1.807, 2.05) is 13.8 Å². The van der Waals surface area contributed by atoms with Crippen LogP contribution < -0.4 is 0 Å². The Balaban J connectivity index is 1.65. The van der Waals surface area contributed by atoms with Gasteiger partial charge in [0.05, 0.1) is 36.4 Å². The van der Waals surface area contributed by atoms with E-state index in [2.05, 4.69) is 26.8 Å². The van der Waals surface area contributed by atoms with Crippen LogP contribution in [0.2, 0.25) is 0 Å². The zero-order chi connectivity index (χ0) is 27.4. The number of allylic oxidation sites excluding steroid dienone is 1. The minimum atomic E-state index is -1.18. The van der Waals surface area contributed by atoms with Gasteiger partial charge in [-0.3, -0.25) is 4.79 Å². The highest BCUT2D eigenvalue weighted by Crippen LogP contribution is 2.76. The van der Waals surface area contributed by atoms with Crippen LogP contribution in [0.15, 0.2) is 11.6 Å². The summed E-state index contributed by atoms with van der Waals surface area (Å²) < 4.78 is 0. The van der Waals surface area contributed by atoms with Gasteiger partial charge in [-0.1, -0.05) is 39.3 Å². The van der Waals surface area contributed by atoms with Crippen LogP contribution in [0, 0.1) is 50.7 Å². The lowest BCUT2D eigenvalue weighted by Crippen LogP contribution is -2.70. The number of carboxylic acid groups (broad SMARTS) is 1. The van der Waals surface area contributed by atoms with Gasteiger partial charge in [-0.2, -0.15) is 0 Å². The fourth-order valence-electron chi connectivity index (χ4n) is 11.1. The van der Waals surface area contributed by atoms with Crippen LogP contribution in [0.1, 0.15) is 86.0 Å². The number of carbonyl (C=O) groups is 1. The number of hydrogen-bond donors (Lipinski definition) is 6. The standard InChI is InChI=1S/C30H48O7/c1-17-8-11-29(24(35)36)13-12-26(3)18(22(29)28(17,5)37)6-7-20-25(2)14-19(33)23(34)30(15-31,16-32)21(25)9-10-27(20,26)4/h6,17,19-23,31-34,37H,7-16H2,1-5H3,(H,35,36)/t17-,19-,20-,21-,22-,23-,25-,26-,27-,28-,29+/m1/s1. The van der Waals surface area contributed by atoms with Crippen LogP contribution in [-0.4, -0.2) is 67.6 Å². The van der Waals surface area contributed by atoms with Crippen molar-refractivity contribution in [3.63, 3.8) is 0 Å². The normalized spacial score (nSPS) is 54.7. The van der Waals surface area contributed by atoms with Crippen LogP contribution in [0.25, 0.3) is 0 Å². The summed E-state index contributed by atoms with van der Waals surface area (Å²) in [4.78, 5) is 12.9. The lowest BCUT2D eigenvalue weighted by atomic mass is 9.32. The quantitative estimate of drug-likeness (QED) is 0.314. The molecule has 0 aliphatic heterocycles. The Morgan fingerprint density at radius 3 is 2.22 bits per heavy atom. The molecule has 5 rings (SSSR count). The maximum Gasteiger partial charge on any atom is 0.310 e. The van der Waals surface area contributed by atoms with Gasteiger partial charge in [0.25, 0.3) is 0 Å². The minimum absolute atomic E-state index is 0.00304. The molecule has 0 amide bonds. The number of hydrogen-bond acceptors (Lipinski definition) is 6. The van der Waals surface area contributed by atoms with Gasteiger partial charge in [0, 0.05) is 11.3 Å². The Morgan fingerprint density at radius 1 is 0.973 bits per heavy atom. The van der Waals surface area contributed by atoms with Crippen molar-refractivity contribution in [3.8, 4) is 0 Å². The Morgan fingerprint density at radius 2 is 1.62 bits per heavy atom. The first-order valence-electron chi connectivity index (χ1n) is 14.4. The van der Waals surface area contributed by atoms with Gasteiger partial charge >= 0.3 is 5.97 Å². The Labute approximate surface area is 221 Å². The van der Waals surface area contributed by atoms with Crippen molar-refractivity contribution in [1.29, 1.82) is 0 Å². The first kappa shape index (κ1) is 27.6. The molecule has 0 aromatic rings. The molecule has 7 nitrogen and oxygen atoms in total. The molecule has 37 heavy (non-hydrogen) atoms.